The summed E-state index contributed by atoms with van der Waals surface area (Å²) < 4.78 is 5.56. The first kappa shape index (κ1) is 17.1. The quantitative estimate of drug-likeness (QED) is 0.791. The summed E-state index contributed by atoms with van der Waals surface area (Å²) in [5.74, 6) is 1.46. The maximum absolute atomic E-state index is 12.6. The standard InChI is InChI=1S/C21H25N3O2/c1-13(2)14-3-6-17(7-4-14)22-21(25)19-12-18(23-24-19)15-5-8-20-16(11-15)9-10-26-20/h3-8,11,13,18-19,23-24H,9-10,12H2,1-2H3,(H,22,25). The number of hydrazine groups is 1. The van der Waals surface area contributed by atoms with Crippen molar-refractivity contribution in [3.05, 3.63) is 59.2 Å². The van der Waals surface area contributed by atoms with Crippen LogP contribution in [0.2, 0.25) is 0 Å². The Balaban J connectivity index is 1.38. The highest BCUT2D eigenvalue weighted by molar-refractivity contribution is 5.95. The molecule has 2 aliphatic heterocycles. The lowest BCUT2D eigenvalue weighted by Gasteiger charge is -2.12. The molecule has 2 atom stereocenters. The summed E-state index contributed by atoms with van der Waals surface area (Å²) in [7, 11) is 0. The van der Waals surface area contributed by atoms with E-state index in [4.69, 9.17) is 4.74 Å². The van der Waals surface area contributed by atoms with Crippen LogP contribution in [0.1, 0.15) is 48.9 Å². The van der Waals surface area contributed by atoms with Gasteiger partial charge in [-0.15, -0.1) is 0 Å². The molecule has 5 heteroatoms. The van der Waals surface area contributed by atoms with E-state index in [1.165, 1.54) is 16.7 Å². The second-order valence-corrected chi connectivity index (χ2v) is 7.36. The van der Waals surface area contributed by atoms with Gasteiger partial charge >= 0.3 is 0 Å². The zero-order valence-corrected chi connectivity index (χ0v) is 15.2. The minimum absolute atomic E-state index is 0.0122. The molecule has 0 bridgehead atoms. The summed E-state index contributed by atoms with van der Waals surface area (Å²) >= 11 is 0. The van der Waals surface area contributed by atoms with Gasteiger partial charge < -0.3 is 10.1 Å². The Morgan fingerprint density at radius 1 is 1.15 bits per heavy atom. The number of anilines is 1. The van der Waals surface area contributed by atoms with Crippen LogP contribution < -0.4 is 20.9 Å². The monoisotopic (exact) mass is 351 g/mol. The summed E-state index contributed by atoms with van der Waals surface area (Å²) in [5, 5.41) is 3.00. The number of rotatable bonds is 4. The average Bonchev–Trinajstić information content (AvgIpc) is 3.31. The Labute approximate surface area is 154 Å². The first-order valence-corrected chi connectivity index (χ1v) is 9.27. The van der Waals surface area contributed by atoms with Gasteiger partial charge in [0.2, 0.25) is 5.91 Å². The van der Waals surface area contributed by atoms with Crippen molar-refractivity contribution in [1.82, 2.24) is 10.9 Å². The van der Waals surface area contributed by atoms with E-state index in [1.807, 2.05) is 18.2 Å². The number of hydrogen-bond acceptors (Lipinski definition) is 4. The van der Waals surface area contributed by atoms with Crippen LogP contribution in [-0.4, -0.2) is 18.6 Å². The molecule has 5 nitrogen and oxygen atoms in total. The van der Waals surface area contributed by atoms with Gasteiger partial charge in [-0.1, -0.05) is 38.1 Å². The lowest BCUT2D eigenvalue weighted by molar-refractivity contribution is -0.117. The van der Waals surface area contributed by atoms with Gasteiger partial charge in [0, 0.05) is 18.2 Å². The van der Waals surface area contributed by atoms with Crippen LogP contribution >= 0.6 is 0 Å². The second kappa shape index (κ2) is 7.09. The molecular formula is C21H25N3O2. The highest BCUT2D eigenvalue weighted by atomic mass is 16.5. The van der Waals surface area contributed by atoms with E-state index in [0.29, 0.717) is 5.92 Å². The van der Waals surface area contributed by atoms with E-state index in [2.05, 4.69) is 54.3 Å². The van der Waals surface area contributed by atoms with E-state index < -0.39 is 0 Å². The molecule has 1 amide bonds. The van der Waals surface area contributed by atoms with E-state index in [1.54, 1.807) is 0 Å². The summed E-state index contributed by atoms with van der Waals surface area (Å²) in [6, 6.07) is 14.2. The van der Waals surface area contributed by atoms with Gasteiger partial charge in [0.05, 0.1) is 6.61 Å². The zero-order chi connectivity index (χ0) is 18.1. The Hall–Kier alpha value is -2.37. The van der Waals surface area contributed by atoms with E-state index >= 15 is 0 Å². The molecular weight excluding hydrogens is 326 g/mol. The fraction of sp³-hybridized carbons (Fsp3) is 0.381. The molecule has 2 unspecified atom stereocenters. The Bertz CT molecular complexity index is 801. The molecule has 3 N–H and O–H groups in total. The summed E-state index contributed by atoms with van der Waals surface area (Å²) in [6.45, 7) is 5.08. The lowest BCUT2D eigenvalue weighted by atomic mass is 9.99. The minimum atomic E-state index is -0.255. The number of hydrogen-bond donors (Lipinski definition) is 3. The number of amides is 1. The number of carbonyl (C=O) groups is 1. The van der Waals surface area contributed by atoms with Gasteiger partial charge in [0.15, 0.2) is 0 Å². The van der Waals surface area contributed by atoms with Gasteiger partial charge in [0.1, 0.15) is 11.8 Å². The fourth-order valence-electron chi connectivity index (χ4n) is 3.55. The molecule has 0 spiro atoms. The minimum Gasteiger partial charge on any atom is -0.493 e. The topological polar surface area (TPSA) is 62.4 Å². The number of fused-ring (bicyclic) bond motifs is 1. The molecule has 2 aromatic rings. The van der Waals surface area contributed by atoms with Crippen molar-refractivity contribution in [1.29, 1.82) is 0 Å². The van der Waals surface area contributed by atoms with E-state index in [-0.39, 0.29) is 18.0 Å². The van der Waals surface area contributed by atoms with Crippen molar-refractivity contribution in [3.63, 3.8) is 0 Å². The predicted octanol–water partition coefficient (Wildman–Crippen LogP) is 3.29. The van der Waals surface area contributed by atoms with E-state index in [9.17, 15) is 4.79 Å². The molecule has 1 fully saturated rings. The maximum atomic E-state index is 12.6. The van der Waals surface area contributed by atoms with Crippen molar-refractivity contribution >= 4 is 11.6 Å². The van der Waals surface area contributed by atoms with Crippen LogP contribution in [0.5, 0.6) is 5.75 Å². The third-order valence-electron chi connectivity index (χ3n) is 5.18. The van der Waals surface area contributed by atoms with Crippen LogP contribution in [0.25, 0.3) is 0 Å². The van der Waals surface area contributed by atoms with Crippen LogP contribution in [0.3, 0.4) is 0 Å². The van der Waals surface area contributed by atoms with Crippen molar-refractivity contribution in [2.75, 3.05) is 11.9 Å². The third kappa shape index (κ3) is 3.45. The molecule has 1 saturated heterocycles. The molecule has 26 heavy (non-hydrogen) atoms. The van der Waals surface area contributed by atoms with Crippen LogP contribution in [0, 0.1) is 0 Å². The summed E-state index contributed by atoms with van der Waals surface area (Å²) in [4.78, 5) is 12.6. The molecule has 0 radical (unpaired) electrons. The fourth-order valence-corrected chi connectivity index (χ4v) is 3.55. The molecule has 4 rings (SSSR count). The van der Waals surface area contributed by atoms with Gasteiger partial charge in [0.25, 0.3) is 0 Å². The van der Waals surface area contributed by atoms with Gasteiger partial charge in [-0.05, 0) is 47.2 Å². The third-order valence-corrected chi connectivity index (χ3v) is 5.18. The van der Waals surface area contributed by atoms with Gasteiger partial charge in [-0.3, -0.25) is 4.79 Å². The largest absolute Gasteiger partial charge is 0.493 e. The predicted molar refractivity (Wildman–Crippen MR) is 102 cm³/mol. The Morgan fingerprint density at radius 3 is 2.73 bits per heavy atom. The van der Waals surface area contributed by atoms with Gasteiger partial charge in [-0.25, -0.2) is 10.9 Å². The van der Waals surface area contributed by atoms with Crippen molar-refractivity contribution in [3.8, 4) is 5.75 Å². The average molecular weight is 351 g/mol. The summed E-state index contributed by atoms with van der Waals surface area (Å²) in [6.07, 6.45) is 1.68. The second-order valence-electron chi connectivity index (χ2n) is 7.36. The summed E-state index contributed by atoms with van der Waals surface area (Å²) in [5.41, 5.74) is 10.9. The number of benzene rings is 2. The Morgan fingerprint density at radius 2 is 1.96 bits per heavy atom. The molecule has 0 aliphatic carbocycles. The number of carbonyl (C=O) groups excluding carboxylic acids is 1. The van der Waals surface area contributed by atoms with Crippen LogP contribution in [0.15, 0.2) is 42.5 Å². The first-order valence-electron chi connectivity index (χ1n) is 9.27. The molecule has 0 saturated carbocycles. The number of ether oxygens (including phenoxy) is 1. The molecule has 2 aromatic carbocycles. The van der Waals surface area contributed by atoms with Crippen LogP contribution in [-0.2, 0) is 11.2 Å². The van der Waals surface area contributed by atoms with Crippen LogP contribution in [0.4, 0.5) is 5.69 Å². The number of nitrogens with one attached hydrogen (secondary N) is 3. The smallest absolute Gasteiger partial charge is 0.242 e. The molecule has 2 heterocycles. The zero-order valence-electron chi connectivity index (χ0n) is 15.2. The molecule has 2 aliphatic rings. The maximum Gasteiger partial charge on any atom is 0.242 e. The highest BCUT2D eigenvalue weighted by Crippen LogP contribution is 2.31. The van der Waals surface area contributed by atoms with E-state index in [0.717, 1.165) is 30.9 Å². The molecule has 0 aromatic heterocycles. The molecule has 136 valence electrons. The van der Waals surface area contributed by atoms with Gasteiger partial charge in [-0.2, -0.15) is 0 Å². The van der Waals surface area contributed by atoms with Crippen molar-refractivity contribution < 1.29 is 9.53 Å². The highest BCUT2D eigenvalue weighted by Gasteiger charge is 2.30. The van der Waals surface area contributed by atoms with Crippen molar-refractivity contribution in [2.45, 2.75) is 44.7 Å². The van der Waals surface area contributed by atoms with Crippen molar-refractivity contribution in [2.24, 2.45) is 0 Å². The Kier molecular flexibility index (Phi) is 4.66. The normalized spacial score (nSPS) is 21.5. The first-order chi connectivity index (χ1) is 12.6. The lowest BCUT2D eigenvalue weighted by Crippen LogP contribution is -2.39. The SMILES string of the molecule is CC(C)c1ccc(NC(=O)C2CC(c3ccc4c(c3)CCO4)NN2)cc1.